The van der Waals surface area contributed by atoms with E-state index in [4.69, 9.17) is 4.74 Å². The molecule has 1 aliphatic rings. The number of amides is 2. The maximum atomic E-state index is 13.3. The van der Waals surface area contributed by atoms with Crippen molar-refractivity contribution in [1.29, 1.82) is 0 Å². The monoisotopic (exact) mass is 270 g/mol. The largest absolute Gasteiger partial charge is 0.449 e. The number of hydrogen-bond acceptors (Lipinski definition) is 3. The highest BCUT2D eigenvalue weighted by Crippen LogP contribution is 2.15. The van der Waals surface area contributed by atoms with Crippen molar-refractivity contribution in [3.63, 3.8) is 0 Å². The lowest BCUT2D eigenvalue weighted by atomic mass is 10.3. The molecular weight excluding hydrogens is 258 g/mol. The van der Waals surface area contributed by atoms with Crippen molar-refractivity contribution in [1.82, 2.24) is 4.90 Å². The Morgan fingerprint density at radius 1 is 1.42 bits per heavy atom. The van der Waals surface area contributed by atoms with Crippen molar-refractivity contribution in [2.24, 2.45) is 0 Å². The Bertz CT molecular complexity index is 508. The lowest BCUT2D eigenvalue weighted by Gasteiger charge is -2.25. The Kier molecular flexibility index (Phi) is 3.94. The molecule has 1 aromatic rings. The molecule has 2 amide bonds. The van der Waals surface area contributed by atoms with Crippen LogP contribution in [0.2, 0.25) is 0 Å². The molecule has 1 saturated heterocycles. The summed E-state index contributed by atoms with van der Waals surface area (Å²) >= 11 is 0. The quantitative estimate of drug-likeness (QED) is 0.910. The summed E-state index contributed by atoms with van der Waals surface area (Å²) in [6.07, 6.45) is 0.0742. The maximum absolute atomic E-state index is 13.3. The number of halogens is 2. The average molecular weight is 270 g/mol. The van der Waals surface area contributed by atoms with E-state index in [1.807, 2.05) is 0 Å². The minimum atomic E-state index is -0.866. The molecule has 0 atom stereocenters. The second-order valence-electron chi connectivity index (χ2n) is 4.06. The molecule has 7 heteroatoms. The SMILES string of the molecule is O=C(CN1CCCOC1=O)Nc1ccc(F)cc1F. The van der Waals surface area contributed by atoms with Gasteiger partial charge in [0.15, 0.2) is 0 Å². The predicted octanol–water partition coefficient (Wildman–Crippen LogP) is 1.75. The highest BCUT2D eigenvalue weighted by molar-refractivity contribution is 5.94. The predicted molar refractivity (Wildman–Crippen MR) is 62.5 cm³/mol. The van der Waals surface area contributed by atoms with Crippen molar-refractivity contribution in [2.75, 3.05) is 25.0 Å². The zero-order valence-electron chi connectivity index (χ0n) is 9.99. The van der Waals surface area contributed by atoms with Crippen LogP contribution in [-0.2, 0) is 9.53 Å². The van der Waals surface area contributed by atoms with Crippen molar-refractivity contribution in [2.45, 2.75) is 6.42 Å². The summed E-state index contributed by atoms with van der Waals surface area (Å²) in [6.45, 7) is 0.525. The molecule has 0 saturated carbocycles. The molecule has 0 spiro atoms. The smallest absolute Gasteiger partial charge is 0.410 e. The zero-order valence-corrected chi connectivity index (χ0v) is 9.99. The van der Waals surface area contributed by atoms with Gasteiger partial charge in [0.05, 0.1) is 12.3 Å². The fraction of sp³-hybridized carbons (Fsp3) is 0.333. The van der Waals surface area contributed by atoms with E-state index < -0.39 is 23.6 Å². The number of carbonyl (C=O) groups excluding carboxylic acids is 2. The molecule has 1 N–H and O–H groups in total. The number of nitrogens with one attached hydrogen (secondary N) is 1. The van der Waals surface area contributed by atoms with Crippen LogP contribution in [0.25, 0.3) is 0 Å². The average Bonchev–Trinajstić information content (AvgIpc) is 2.36. The normalized spacial score (nSPS) is 15.1. The summed E-state index contributed by atoms with van der Waals surface area (Å²) in [5, 5.41) is 2.28. The van der Waals surface area contributed by atoms with Gasteiger partial charge < -0.3 is 10.1 Å². The van der Waals surface area contributed by atoms with Crippen LogP contribution >= 0.6 is 0 Å². The molecule has 5 nitrogen and oxygen atoms in total. The first-order chi connectivity index (χ1) is 9.06. The second-order valence-corrected chi connectivity index (χ2v) is 4.06. The third kappa shape index (κ3) is 3.40. The van der Waals surface area contributed by atoms with Gasteiger partial charge in [0.1, 0.15) is 18.2 Å². The van der Waals surface area contributed by atoms with Crippen LogP contribution in [0.3, 0.4) is 0 Å². The second kappa shape index (κ2) is 5.64. The third-order valence-corrected chi connectivity index (χ3v) is 2.60. The Morgan fingerprint density at radius 2 is 2.21 bits per heavy atom. The Balaban J connectivity index is 1.95. The first-order valence-corrected chi connectivity index (χ1v) is 5.73. The van der Waals surface area contributed by atoms with E-state index in [0.717, 1.165) is 12.1 Å². The number of cyclic esters (lactones) is 1. The third-order valence-electron chi connectivity index (χ3n) is 2.60. The standard InChI is InChI=1S/C12H12F2N2O3/c13-8-2-3-10(9(14)6-8)15-11(17)7-16-4-1-5-19-12(16)18/h2-3,6H,1,4-5,7H2,(H,15,17). The number of anilines is 1. The Labute approximate surface area is 108 Å². The molecule has 0 unspecified atom stereocenters. The van der Waals surface area contributed by atoms with Gasteiger partial charge in [-0.05, 0) is 18.6 Å². The fourth-order valence-corrected chi connectivity index (χ4v) is 1.70. The van der Waals surface area contributed by atoms with Gasteiger partial charge in [-0.1, -0.05) is 0 Å². The van der Waals surface area contributed by atoms with E-state index in [1.165, 1.54) is 4.90 Å². The van der Waals surface area contributed by atoms with Gasteiger partial charge in [0, 0.05) is 12.6 Å². The van der Waals surface area contributed by atoms with E-state index >= 15 is 0 Å². The van der Waals surface area contributed by atoms with Crippen LogP contribution in [0, 0.1) is 11.6 Å². The summed E-state index contributed by atoms with van der Waals surface area (Å²) in [6, 6.07) is 2.83. The minimum Gasteiger partial charge on any atom is -0.449 e. The molecule has 0 bridgehead atoms. The molecule has 0 aromatic heterocycles. The summed E-state index contributed by atoms with van der Waals surface area (Å²) in [4.78, 5) is 24.2. The first-order valence-electron chi connectivity index (χ1n) is 5.73. The first kappa shape index (κ1) is 13.3. The molecule has 1 heterocycles. The number of ether oxygens (including phenoxy) is 1. The van der Waals surface area contributed by atoms with E-state index in [2.05, 4.69) is 5.32 Å². The summed E-state index contributed by atoms with van der Waals surface area (Å²) in [7, 11) is 0. The molecule has 1 fully saturated rings. The maximum Gasteiger partial charge on any atom is 0.410 e. The number of hydrogen-bond donors (Lipinski definition) is 1. The minimum absolute atomic E-state index is 0.128. The molecule has 1 aliphatic heterocycles. The van der Waals surface area contributed by atoms with Gasteiger partial charge in [-0.25, -0.2) is 13.6 Å². The summed E-state index contributed by atoms with van der Waals surface area (Å²) < 4.78 is 30.8. The van der Waals surface area contributed by atoms with Crippen LogP contribution in [-0.4, -0.2) is 36.6 Å². The van der Waals surface area contributed by atoms with Gasteiger partial charge in [-0.3, -0.25) is 9.69 Å². The van der Waals surface area contributed by atoms with E-state index in [1.54, 1.807) is 0 Å². The lowest BCUT2D eigenvalue weighted by Crippen LogP contribution is -2.42. The van der Waals surface area contributed by atoms with E-state index in [9.17, 15) is 18.4 Å². The van der Waals surface area contributed by atoms with Gasteiger partial charge >= 0.3 is 6.09 Å². The van der Waals surface area contributed by atoms with Crippen LogP contribution in [0.4, 0.5) is 19.3 Å². The van der Waals surface area contributed by atoms with Gasteiger partial charge in [-0.2, -0.15) is 0 Å². The molecule has 0 aliphatic carbocycles. The van der Waals surface area contributed by atoms with Crippen LogP contribution in [0.5, 0.6) is 0 Å². The van der Waals surface area contributed by atoms with Gasteiger partial charge in [0.2, 0.25) is 5.91 Å². The number of benzene rings is 1. The van der Waals surface area contributed by atoms with E-state index in [-0.39, 0.29) is 12.2 Å². The van der Waals surface area contributed by atoms with Crippen molar-refractivity contribution >= 4 is 17.7 Å². The number of nitrogens with zero attached hydrogens (tertiary/aromatic N) is 1. The van der Waals surface area contributed by atoms with Crippen LogP contribution in [0.15, 0.2) is 18.2 Å². The van der Waals surface area contributed by atoms with Crippen LogP contribution in [0.1, 0.15) is 6.42 Å². The molecule has 2 rings (SSSR count). The van der Waals surface area contributed by atoms with Gasteiger partial charge in [-0.15, -0.1) is 0 Å². The van der Waals surface area contributed by atoms with E-state index in [0.29, 0.717) is 25.6 Å². The fourth-order valence-electron chi connectivity index (χ4n) is 1.70. The van der Waals surface area contributed by atoms with Gasteiger partial charge in [0.25, 0.3) is 0 Å². The highest BCUT2D eigenvalue weighted by atomic mass is 19.1. The molecule has 19 heavy (non-hydrogen) atoms. The molecule has 0 radical (unpaired) electrons. The number of carbonyl (C=O) groups is 2. The molecule has 102 valence electrons. The highest BCUT2D eigenvalue weighted by Gasteiger charge is 2.22. The van der Waals surface area contributed by atoms with Crippen molar-refractivity contribution < 1.29 is 23.1 Å². The van der Waals surface area contributed by atoms with Crippen molar-refractivity contribution in [3.05, 3.63) is 29.8 Å². The topological polar surface area (TPSA) is 58.6 Å². The van der Waals surface area contributed by atoms with Crippen molar-refractivity contribution in [3.8, 4) is 0 Å². The number of rotatable bonds is 3. The summed E-state index contributed by atoms with van der Waals surface area (Å²) in [5.74, 6) is -2.16. The summed E-state index contributed by atoms with van der Waals surface area (Å²) in [5.41, 5.74) is -0.128. The van der Waals surface area contributed by atoms with Crippen LogP contribution < -0.4 is 5.32 Å². The molecular formula is C12H12F2N2O3. The zero-order chi connectivity index (χ0) is 13.8. The lowest BCUT2D eigenvalue weighted by molar-refractivity contribution is -0.117. The Hall–Kier alpha value is -2.18. The molecule has 1 aromatic carbocycles. The Morgan fingerprint density at radius 3 is 2.89 bits per heavy atom.